The molecule has 0 bridgehead atoms. The van der Waals surface area contributed by atoms with E-state index in [9.17, 15) is 4.79 Å². The minimum absolute atomic E-state index is 0.229. The summed E-state index contributed by atoms with van der Waals surface area (Å²) in [6, 6.07) is 0. The molecule has 2 unspecified atom stereocenters. The molecule has 1 fully saturated rings. The molecule has 1 N–H and O–H groups in total. The topological polar surface area (TPSA) is 32.3 Å². The van der Waals surface area contributed by atoms with Crippen LogP contribution < -0.4 is 5.32 Å². The Bertz CT molecular complexity index is 194. The Morgan fingerprint density at radius 2 is 2.36 bits per heavy atom. The van der Waals surface area contributed by atoms with Gasteiger partial charge in [0.1, 0.15) is 0 Å². The highest BCUT2D eigenvalue weighted by atomic mass is 16.2. The van der Waals surface area contributed by atoms with Gasteiger partial charge in [0.25, 0.3) is 0 Å². The second kappa shape index (κ2) is 5.35. The van der Waals surface area contributed by atoms with Gasteiger partial charge in [-0.3, -0.25) is 4.79 Å². The fourth-order valence-electron chi connectivity index (χ4n) is 2.36. The van der Waals surface area contributed by atoms with Gasteiger partial charge in [0, 0.05) is 20.0 Å². The summed E-state index contributed by atoms with van der Waals surface area (Å²) in [5.41, 5.74) is 0. The van der Waals surface area contributed by atoms with Crippen LogP contribution in [0.2, 0.25) is 0 Å². The van der Waals surface area contributed by atoms with Crippen molar-refractivity contribution < 1.29 is 4.79 Å². The lowest BCUT2D eigenvalue weighted by atomic mass is 9.89. The maximum Gasteiger partial charge on any atom is 0.219 e. The number of carbonyl (C=O) groups excluding carboxylic acids is 1. The third-order valence-corrected chi connectivity index (χ3v) is 3.33. The maximum absolute atomic E-state index is 11.2. The summed E-state index contributed by atoms with van der Waals surface area (Å²) in [6.45, 7) is 6.91. The lowest BCUT2D eigenvalue weighted by molar-refractivity contribution is -0.127. The molecule has 3 nitrogen and oxygen atoms in total. The predicted molar refractivity (Wildman–Crippen MR) is 58.1 cm³/mol. The second-order valence-corrected chi connectivity index (χ2v) is 4.24. The van der Waals surface area contributed by atoms with E-state index in [0.29, 0.717) is 5.92 Å². The van der Waals surface area contributed by atoms with Crippen LogP contribution >= 0.6 is 0 Å². The lowest BCUT2D eigenvalue weighted by Gasteiger charge is -2.22. The molecule has 3 heteroatoms. The Morgan fingerprint density at radius 3 is 2.79 bits per heavy atom. The summed E-state index contributed by atoms with van der Waals surface area (Å²) in [5, 5.41) is 3.24. The van der Waals surface area contributed by atoms with Crippen molar-refractivity contribution in [3.05, 3.63) is 0 Å². The van der Waals surface area contributed by atoms with Crippen molar-refractivity contribution in [2.45, 2.75) is 26.7 Å². The Balaban J connectivity index is 2.42. The van der Waals surface area contributed by atoms with E-state index in [2.05, 4.69) is 12.2 Å². The number of nitrogens with one attached hydrogen (secondary N) is 1. The summed E-state index contributed by atoms with van der Waals surface area (Å²) >= 11 is 0. The smallest absolute Gasteiger partial charge is 0.219 e. The second-order valence-electron chi connectivity index (χ2n) is 4.24. The van der Waals surface area contributed by atoms with E-state index in [0.717, 1.165) is 25.6 Å². The standard InChI is InChI=1S/C11H22N2O/c1-4-10(7-12-3)11-5-6-13(8-11)9(2)14/h10-12H,4-8H2,1-3H3. The van der Waals surface area contributed by atoms with Gasteiger partial charge in [0.2, 0.25) is 5.91 Å². The van der Waals surface area contributed by atoms with Crippen molar-refractivity contribution in [2.24, 2.45) is 11.8 Å². The van der Waals surface area contributed by atoms with E-state index in [1.165, 1.54) is 12.8 Å². The van der Waals surface area contributed by atoms with Gasteiger partial charge in [-0.25, -0.2) is 0 Å². The third kappa shape index (κ3) is 2.71. The molecule has 14 heavy (non-hydrogen) atoms. The van der Waals surface area contributed by atoms with Crippen LogP contribution in [0.4, 0.5) is 0 Å². The van der Waals surface area contributed by atoms with Crippen LogP contribution in [0.3, 0.4) is 0 Å². The molecule has 1 rings (SSSR count). The molecule has 0 aromatic heterocycles. The summed E-state index contributed by atoms with van der Waals surface area (Å²) in [7, 11) is 2.00. The number of hydrogen-bond donors (Lipinski definition) is 1. The fraction of sp³-hybridized carbons (Fsp3) is 0.909. The largest absolute Gasteiger partial charge is 0.343 e. The summed E-state index contributed by atoms with van der Waals surface area (Å²) in [4.78, 5) is 13.1. The molecule has 0 aromatic carbocycles. The third-order valence-electron chi connectivity index (χ3n) is 3.33. The van der Waals surface area contributed by atoms with Gasteiger partial charge >= 0.3 is 0 Å². The Labute approximate surface area is 86.9 Å². The predicted octanol–water partition coefficient (Wildman–Crippen LogP) is 1.10. The Hall–Kier alpha value is -0.570. The van der Waals surface area contributed by atoms with Crippen molar-refractivity contribution in [1.29, 1.82) is 0 Å². The van der Waals surface area contributed by atoms with Crippen LogP contribution in [0.5, 0.6) is 0 Å². The first-order valence-electron chi connectivity index (χ1n) is 5.59. The van der Waals surface area contributed by atoms with Crippen molar-refractivity contribution in [3.63, 3.8) is 0 Å². The van der Waals surface area contributed by atoms with Gasteiger partial charge in [-0.05, 0) is 31.8 Å². The molecule has 0 aliphatic carbocycles. The zero-order valence-corrected chi connectivity index (χ0v) is 9.55. The molecule has 0 spiro atoms. The van der Waals surface area contributed by atoms with Crippen LogP contribution in [-0.4, -0.2) is 37.5 Å². The van der Waals surface area contributed by atoms with Crippen LogP contribution in [0.25, 0.3) is 0 Å². The van der Waals surface area contributed by atoms with Crippen LogP contribution in [0.15, 0.2) is 0 Å². The molecule has 1 aliphatic rings. The number of amides is 1. The number of carbonyl (C=O) groups is 1. The van der Waals surface area contributed by atoms with E-state index in [4.69, 9.17) is 0 Å². The first kappa shape index (κ1) is 11.5. The monoisotopic (exact) mass is 198 g/mol. The molecule has 0 saturated carbocycles. The zero-order valence-electron chi connectivity index (χ0n) is 9.55. The first-order valence-corrected chi connectivity index (χ1v) is 5.59. The minimum atomic E-state index is 0.229. The summed E-state index contributed by atoms with van der Waals surface area (Å²) in [5.74, 6) is 1.66. The molecule has 1 heterocycles. The fourth-order valence-corrected chi connectivity index (χ4v) is 2.36. The summed E-state index contributed by atoms with van der Waals surface area (Å²) < 4.78 is 0. The summed E-state index contributed by atoms with van der Waals surface area (Å²) in [6.07, 6.45) is 2.39. The number of nitrogens with zero attached hydrogens (tertiary/aromatic N) is 1. The minimum Gasteiger partial charge on any atom is -0.343 e. The van der Waals surface area contributed by atoms with E-state index in [-0.39, 0.29) is 5.91 Å². The van der Waals surface area contributed by atoms with E-state index >= 15 is 0 Å². The molecular weight excluding hydrogens is 176 g/mol. The molecule has 1 aliphatic heterocycles. The van der Waals surface area contributed by atoms with Gasteiger partial charge in [0.05, 0.1) is 0 Å². The highest BCUT2D eigenvalue weighted by Crippen LogP contribution is 2.25. The average molecular weight is 198 g/mol. The zero-order chi connectivity index (χ0) is 10.6. The highest BCUT2D eigenvalue weighted by Gasteiger charge is 2.29. The molecule has 82 valence electrons. The lowest BCUT2D eigenvalue weighted by Crippen LogP contribution is -2.30. The average Bonchev–Trinajstić information content (AvgIpc) is 2.63. The molecule has 0 radical (unpaired) electrons. The van der Waals surface area contributed by atoms with Crippen LogP contribution in [0, 0.1) is 11.8 Å². The van der Waals surface area contributed by atoms with E-state index in [1.807, 2.05) is 11.9 Å². The van der Waals surface area contributed by atoms with Crippen LogP contribution in [0.1, 0.15) is 26.7 Å². The van der Waals surface area contributed by atoms with Gasteiger partial charge in [-0.2, -0.15) is 0 Å². The SMILES string of the molecule is CCC(CNC)C1CCN(C(C)=O)C1. The van der Waals surface area contributed by atoms with Crippen molar-refractivity contribution in [1.82, 2.24) is 10.2 Å². The van der Waals surface area contributed by atoms with Crippen molar-refractivity contribution in [2.75, 3.05) is 26.7 Å². The number of hydrogen-bond acceptors (Lipinski definition) is 2. The number of rotatable bonds is 4. The van der Waals surface area contributed by atoms with Gasteiger partial charge in [-0.1, -0.05) is 13.3 Å². The molecular formula is C11H22N2O. The van der Waals surface area contributed by atoms with E-state index in [1.54, 1.807) is 6.92 Å². The van der Waals surface area contributed by atoms with Crippen molar-refractivity contribution >= 4 is 5.91 Å². The molecule has 2 atom stereocenters. The highest BCUT2D eigenvalue weighted by molar-refractivity contribution is 5.73. The first-order chi connectivity index (χ1) is 6.69. The Morgan fingerprint density at radius 1 is 1.64 bits per heavy atom. The Kier molecular flexibility index (Phi) is 4.39. The normalized spacial score (nSPS) is 23.9. The maximum atomic E-state index is 11.2. The molecule has 1 saturated heterocycles. The number of likely N-dealkylation sites (tertiary alicyclic amines) is 1. The molecule has 0 aromatic rings. The quantitative estimate of drug-likeness (QED) is 0.733. The molecule has 1 amide bonds. The van der Waals surface area contributed by atoms with Gasteiger partial charge in [-0.15, -0.1) is 0 Å². The van der Waals surface area contributed by atoms with Crippen molar-refractivity contribution in [3.8, 4) is 0 Å². The van der Waals surface area contributed by atoms with Gasteiger partial charge < -0.3 is 10.2 Å². The van der Waals surface area contributed by atoms with Gasteiger partial charge in [0.15, 0.2) is 0 Å². The van der Waals surface area contributed by atoms with Crippen LogP contribution in [-0.2, 0) is 4.79 Å². The van der Waals surface area contributed by atoms with E-state index < -0.39 is 0 Å².